The van der Waals surface area contributed by atoms with Gasteiger partial charge in [0.1, 0.15) is 0 Å². The molecule has 1 saturated carbocycles. The van der Waals surface area contributed by atoms with Crippen molar-refractivity contribution in [2.24, 2.45) is 5.92 Å². The molecule has 0 aromatic rings. The van der Waals surface area contributed by atoms with Gasteiger partial charge in [-0.15, -0.1) is 0 Å². The highest BCUT2D eigenvalue weighted by Gasteiger charge is 2.28. The van der Waals surface area contributed by atoms with Crippen molar-refractivity contribution in [2.75, 3.05) is 6.54 Å². The molecule has 0 saturated heterocycles. The Morgan fingerprint density at radius 3 is 2.43 bits per heavy atom. The number of nitrogens with one attached hydrogen (secondary N) is 1. The Hall–Kier alpha value is -0.530. The van der Waals surface area contributed by atoms with Crippen LogP contribution in [-0.4, -0.2) is 12.5 Å². The second-order valence-electron chi connectivity index (χ2n) is 4.33. The second-order valence-corrected chi connectivity index (χ2v) is 4.33. The van der Waals surface area contributed by atoms with Gasteiger partial charge in [-0.3, -0.25) is 4.79 Å². The average molecular weight is 197 g/mol. The Morgan fingerprint density at radius 2 is 1.79 bits per heavy atom. The fraction of sp³-hybridized carbons (Fsp3) is 0.917. The Morgan fingerprint density at radius 1 is 1.14 bits per heavy atom. The molecule has 1 amide bonds. The van der Waals surface area contributed by atoms with Crippen molar-refractivity contribution in [3.8, 4) is 0 Å². The lowest BCUT2D eigenvalue weighted by atomic mass is 10.1. The zero-order valence-corrected chi connectivity index (χ0v) is 9.35. The summed E-state index contributed by atoms with van der Waals surface area (Å²) >= 11 is 0. The molecule has 1 fully saturated rings. The molecule has 14 heavy (non-hydrogen) atoms. The lowest BCUT2D eigenvalue weighted by Crippen LogP contribution is -2.25. The summed E-state index contributed by atoms with van der Waals surface area (Å²) in [5.74, 6) is 0.661. The van der Waals surface area contributed by atoms with Gasteiger partial charge in [-0.1, -0.05) is 39.0 Å². The van der Waals surface area contributed by atoms with Crippen molar-refractivity contribution < 1.29 is 4.79 Å². The van der Waals surface area contributed by atoms with E-state index in [9.17, 15) is 4.79 Å². The van der Waals surface area contributed by atoms with E-state index in [1.54, 1.807) is 0 Å². The summed E-state index contributed by atoms with van der Waals surface area (Å²) in [7, 11) is 0. The summed E-state index contributed by atoms with van der Waals surface area (Å²) in [5.41, 5.74) is 0. The van der Waals surface area contributed by atoms with Crippen LogP contribution in [0.25, 0.3) is 0 Å². The highest BCUT2D eigenvalue weighted by Crippen LogP contribution is 2.28. The van der Waals surface area contributed by atoms with E-state index in [1.165, 1.54) is 32.1 Å². The molecule has 0 aromatic carbocycles. The quantitative estimate of drug-likeness (QED) is 0.596. The minimum Gasteiger partial charge on any atom is -0.356 e. The number of hydrogen-bond acceptors (Lipinski definition) is 1. The van der Waals surface area contributed by atoms with Gasteiger partial charge in [0.2, 0.25) is 5.91 Å². The van der Waals surface area contributed by atoms with Gasteiger partial charge >= 0.3 is 0 Å². The molecule has 1 aliphatic carbocycles. The van der Waals surface area contributed by atoms with E-state index in [1.807, 2.05) is 0 Å². The summed E-state index contributed by atoms with van der Waals surface area (Å²) in [6.45, 7) is 3.12. The van der Waals surface area contributed by atoms with Crippen LogP contribution in [0.3, 0.4) is 0 Å². The molecule has 0 spiro atoms. The van der Waals surface area contributed by atoms with Gasteiger partial charge in [-0.25, -0.2) is 0 Å². The first kappa shape index (κ1) is 11.5. The van der Waals surface area contributed by atoms with Crippen molar-refractivity contribution in [1.82, 2.24) is 5.32 Å². The standard InChI is InChI=1S/C12H23NO/c1-2-3-4-5-6-7-10-13-12(14)11-8-9-11/h11H,2-10H2,1H3,(H,13,14). The van der Waals surface area contributed by atoms with Crippen LogP contribution >= 0.6 is 0 Å². The molecule has 0 aliphatic heterocycles. The van der Waals surface area contributed by atoms with Gasteiger partial charge in [0.05, 0.1) is 0 Å². The van der Waals surface area contributed by atoms with Gasteiger partial charge in [-0.2, -0.15) is 0 Å². The molecule has 1 aliphatic rings. The molecule has 0 radical (unpaired) electrons. The maximum absolute atomic E-state index is 11.2. The van der Waals surface area contributed by atoms with Gasteiger partial charge in [0.15, 0.2) is 0 Å². The second kappa shape index (κ2) is 6.86. The number of hydrogen-bond donors (Lipinski definition) is 1. The predicted molar refractivity (Wildman–Crippen MR) is 59.1 cm³/mol. The van der Waals surface area contributed by atoms with Crippen LogP contribution in [0.1, 0.15) is 58.3 Å². The van der Waals surface area contributed by atoms with Crippen LogP contribution in [0.2, 0.25) is 0 Å². The van der Waals surface area contributed by atoms with Gasteiger partial charge < -0.3 is 5.32 Å². The molecule has 1 rings (SSSR count). The number of amides is 1. The fourth-order valence-electron chi connectivity index (χ4n) is 1.61. The predicted octanol–water partition coefficient (Wildman–Crippen LogP) is 2.87. The van der Waals surface area contributed by atoms with Gasteiger partial charge in [0.25, 0.3) is 0 Å². The van der Waals surface area contributed by atoms with Crippen molar-refractivity contribution in [3.05, 3.63) is 0 Å². The Labute approximate surface area is 87.5 Å². The summed E-state index contributed by atoms with van der Waals surface area (Å²) < 4.78 is 0. The summed E-state index contributed by atoms with van der Waals surface area (Å²) in [5, 5.41) is 3.00. The molecule has 2 heteroatoms. The van der Waals surface area contributed by atoms with E-state index in [4.69, 9.17) is 0 Å². The van der Waals surface area contributed by atoms with Crippen LogP contribution in [0, 0.1) is 5.92 Å². The van der Waals surface area contributed by atoms with Crippen LogP contribution in [0.15, 0.2) is 0 Å². The zero-order valence-electron chi connectivity index (χ0n) is 9.35. The molecule has 0 bridgehead atoms. The number of carbonyl (C=O) groups is 1. The van der Waals surface area contributed by atoms with Gasteiger partial charge in [0, 0.05) is 12.5 Å². The monoisotopic (exact) mass is 197 g/mol. The number of unbranched alkanes of at least 4 members (excludes halogenated alkanes) is 5. The highest BCUT2D eigenvalue weighted by molar-refractivity contribution is 5.80. The fourth-order valence-corrected chi connectivity index (χ4v) is 1.61. The van der Waals surface area contributed by atoms with Crippen LogP contribution in [-0.2, 0) is 4.79 Å². The SMILES string of the molecule is CCCCCCCCNC(=O)C1CC1. The van der Waals surface area contributed by atoms with Crippen molar-refractivity contribution in [2.45, 2.75) is 58.3 Å². The van der Waals surface area contributed by atoms with Crippen molar-refractivity contribution in [3.63, 3.8) is 0 Å². The molecule has 82 valence electrons. The number of rotatable bonds is 8. The normalized spacial score (nSPS) is 15.5. The smallest absolute Gasteiger partial charge is 0.223 e. The lowest BCUT2D eigenvalue weighted by Gasteiger charge is -2.03. The minimum absolute atomic E-state index is 0.290. The maximum Gasteiger partial charge on any atom is 0.223 e. The highest BCUT2D eigenvalue weighted by atomic mass is 16.2. The molecule has 0 unspecified atom stereocenters. The van der Waals surface area contributed by atoms with Crippen molar-refractivity contribution in [1.29, 1.82) is 0 Å². The Bertz CT molecular complexity index is 164. The van der Waals surface area contributed by atoms with E-state index in [0.29, 0.717) is 11.8 Å². The minimum atomic E-state index is 0.290. The molecular formula is C12H23NO. The summed E-state index contributed by atoms with van der Waals surface area (Å²) in [4.78, 5) is 11.2. The molecule has 0 atom stereocenters. The van der Waals surface area contributed by atoms with Crippen LogP contribution in [0.4, 0.5) is 0 Å². The largest absolute Gasteiger partial charge is 0.356 e. The average Bonchev–Trinajstić information content (AvgIpc) is 2.99. The van der Waals surface area contributed by atoms with E-state index in [-0.39, 0.29) is 0 Å². The van der Waals surface area contributed by atoms with Crippen molar-refractivity contribution >= 4 is 5.91 Å². The first-order valence-electron chi connectivity index (χ1n) is 6.12. The van der Waals surface area contributed by atoms with Crippen LogP contribution in [0.5, 0.6) is 0 Å². The molecule has 1 N–H and O–H groups in total. The van der Waals surface area contributed by atoms with E-state index < -0.39 is 0 Å². The first-order valence-corrected chi connectivity index (χ1v) is 6.12. The third kappa shape index (κ3) is 5.25. The third-order valence-corrected chi connectivity index (χ3v) is 2.78. The molecular weight excluding hydrogens is 174 g/mol. The molecule has 0 aromatic heterocycles. The molecule has 2 nitrogen and oxygen atoms in total. The zero-order chi connectivity index (χ0) is 10.2. The topological polar surface area (TPSA) is 29.1 Å². The summed E-state index contributed by atoms with van der Waals surface area (Å²) in [6.07, 6.45) is 9.99. The van der Waals surface area contributed by atoms with E-state index >= 15 is 0 Å². The maximum atomic E-state index is 11.2. The lowest BCUT2D eigenvalue weighted by molar-refractivity contribution is -0.122. The van der Waals surface area contributed by atoms with Gasteiger partial charge in [-0.05, 0) is 19.3 Å². The van der Waals surface area contributed by atoms with E-state index in [2.05, 4.69) is 12.2 Å². The molecule has 0 heterocycles. The number of carbonyl (C=O) groups excluding carboxylic acids is 1. The van der Waals surface area contributed by atoms with E-state index in [0.717, 1.165) is 25.8 Å². The third-order valence-electron chi connectivity index (χ3n) is 2.78. The summed E-state index contributed by atoms with van der Waals surface area (Å²) in [6, 6.07) is 0. The Kier molecular flexibility index (Phi) is 5.65. The first-order chi connectivity index (χ1) is 6.84. The van der Waals surface area contributed by atoms with Crippen LogP contribution < -0.4 is 5.32 Å². The Balaban J connectivity index is 1.77.